The summed E-state index contributed by atoms with van der Waals surface area (Å²) in [5.74, 6) is 2.76. The quantitative estimate of drug-likeness (QED) is 0.886. The van der Waals surface area contributed by atoms with Gasteiger partial charge in [0.2, 0.25) is 0 Å². The lowest BCUT2D eigenvalue weighted by Gasteiger charge is -2.35. The number of nitrogens with one attached hydrogen (secondary N) is 1. The van der Waals surface area contributed by atoms with E-state index in [0.29, 0.717) is 12.0 Å². The third-order valence-corrected chi connectivity index (χ3v) is 4.06. The van der Waals surface area contributed by atoms with E-state index in [-0.39, 0.29) is 0 Å². The van der Waals surface area contributed by atoms with Gasteiger partial charge in [0.25, 0.3) is 0 Å². The molecule has 1 N–H and O–H groups in total. The van der Waals surface area contributed by atoms with Crippen LogP contribution in [0.15, 0.2) is 10.5 Å². The number of piperidine rings is 1. The van der Waals surface area contributed by atoms with Crippen molar-refractivity contribution < 1.29 is 9.15 Å². The molecule has 2 atom stereocenters. The molecule has 1 saturated heterocycles. The molecule has 0 aliphatic carbocycles. The van der Waals surface area contributed by atoms with Gasteiger partial charge in [0.05, 0.1) is 19.2 Å². The zero-order valence-electron chi connectivity index (χ0n) is 12.5. The van der Waals surface area contributed by atoms with Crippen LogP contribution in [0.3, 0.4) is 0 Å². The predicted octanol–water partition coefficient (Wildman–Crippen LogP) is 2.16. The molecule has 1 aliphatic rings. The van der Waals surface area contributed by atoms with Crippen molar-refractivity contribution in [3.63, 3.8) is 0 Å². The third kappa shape index (κ3) is 3.59. The highest BCUT2D eigenvalue weighted by atomic mass is 16.5. The molecule has 2 rings (SSSR count). The van der Waals surface area contributed by atoms with Crippen molar-refractivity contribution in [2.75, 3.05) is 27.2 Å². The molecule has 0 bridgehead atoms. The van der Waals surface area contributed by atoms with Crippen LogP contribution in [0, 0.1) is 12.8 Å². The predicted molar refractivity (Wildman–Crippen MR) is 76.1 cm³/mol. The number of hydrogen-bond acceptors (Lipinski definition) is 4. The van der Waals surface area contributed by atoms with Gasteiger partial charge in [-0.2, -0.15) is 0 Å². The van der Waals surface area contributed by atoms with E-state index >= 15 is 0 Å². The second kappa shape index (κ2) is 6.55. The number of ether oxygens (including phenoxy) is 1. The standard InChI is InChI=1S/C15H26N2O2/c1-11-5-6-17(10-15(11)18-4)9-13-7-12(2)14(19-13)8-16-3/h7,11,15-16H,5-6,8-10H2,1-4H3. The Hall–Kier alpha value is -0.840. The first-order chi connectivity index (χ1) is 9.13. The largest absolute Gasteiger partial charge is 0.463 e. The molecular weight excluding hydrogens is 240 g/mol. The Balaban J connectivity index is 1.95. The van der Waals surface area contributed by atoms with Crippen LogP contribution < -0.4 is 5.32 Å². The van der Waals surface area contributed by atoms with Crippen molar-refractivity contribution >= 4 is 0 Å². The molecule has 0 amide bonds. The molecule has 1 aromatic rings. The smallest absolute Gasteiger partial charge is 0.120 e. The van der Waals surface area contributed by atoms with E-state index in [1.54, 1.807) is 0 Å². The molecule has 1 aromatic heterocycles. The SMILES string of the molecule is CNCc1oc(CN2CCC(C)C(OC)C2)cc1C. The van der Waals surface area contributed by atoms with Crippen molar-refractivity contribution in [2.45, 2.75) is 39.5 Å². The van der Waals surface area contributed by atoms with Crippen LogP contribution in [0.2, 0.25) is 0 Å². The van der Waals surface area contributed by atoms with Crippen molar-refractivity contribution in [1.82, 2.24) is 10.2 Å². The molecule has 1 aliphatic heterocycles. The number of rotatable bonds is 5. The minimum absolute atomic E-state index is 0.349. The van der Waals surface area contributed by atoms with E-state index in [2.05, 4.69) is 30.1 Å². The van der Waals surface area contributed by atoms with E-state index in [0.717, 1.165) is 37.7 Å². The van der Waals surface area contributed by atoms with Crippen LogP contribution in [0.25, 0.3) is 0 Å². The number of aryl methyl sites for hydroxylation is 1. The Bertz CT molecular complexity index is 403. The summed E-state index contributed by atoms with van der Waals surface area (Å²) in [5.41, 5.74) is 1.23. The van der Waals surface area contributed by atoms with Crippen LogP contribution >= 0.6 is 0 Å². The maximum atomic E-state index is 5.91. The molecule has 0 aromatic carbocycles. The van der Waals surface area contributed by atoms with Crippen LogP contribution in [0.5, 0.6) is 0 Å². The Labute approximate surface area is 116 Å². The zero-order chi connectivity index (χ0) is 13.8. The van der Waals surface area contributed by atoms with Gasteiger partial charge in [0.15, 0.2) is 0 Å². The van der Waals surface area contributed by atoms with Crippen molar-refractivity contribution in [3.8, 4) is 0 Å². The molecule has 0 spiro atoms. The van der Waals surface area contributed by atoms with Crippen molar-refractivity contribution in [2.24, 2.45) is 5.92 Å². The Morgan fingerprint density at radius 3 is 3.00 bits per heavy atom. The number of hydrogen-bond donors (Lipinski definition) is 1. The van der Waals surface area contributed by atoms with E-state index in [9.17, 15) is 0 Å². The summed E-state index contributed by atoms with van der Waals surface area (Å²) in [4.78, 5) is 2.43. The van der Waals surface area contributed by atoms with Crippen LogP contribution in [-0.2, 0) is 17.8 Å². The fraction of sp³-hybridized carbons (Fsp3) is 0.733. The second-order valence-electron chi connectivity index (χ2n) is 5.62. The monoisotopic (exact) mass is 266 g/mol. The normalized spacial score (nSPS) is 24.8. The third-order valence-electron chi connectivity index (χ3n) is 4.06. The van der Waals surface area contributed by atoms with Crippen LogP contribution in [-0.4, -0.2) is 38.3 Å². The Kier molecular flexibility index (Phi) is 5.02. The summed E-state index contributed by atoms with van der Waals surface area (Å²) in [5, 5.41) is 3.14. The van der Waals surface area contributed by atoms with Gasteiger partial charge in [0.1, 0.15) is 11.5 Å². The summed E-state index contributed by atoms with van der Waals surface area (Å²) >= 11 is 0. The summed E-state index contributed by atoms with van der Waals surface area (Å²) in [6.45, 7) is 8.19. The number of likely N-dealkylation sites (tertiary alicyclic amines) is 1. The summed E-state index contributed by atoms with van der Waals surface area (Å²) in [6.07, 6.45) is 1.54. The minimum atomic E-state index is 0.349. The van der Waals surface area contributed by atoms with Gasteiger partial charge in [-0.05, 0) is 44.5 Å². The second-order valence-corrected chi connectivity index (χ2v) is 5.62. The number of nitrogens with zero attached hydrogens (tertiary/aromatic N) is 1. The van der Waals surface area contributed by atoms with Gasteiger partial charge in [-0.25, -0.2) is 0 Å². The van der Waals surface area contributed by atoms with E-state index in [1.807, 2.05) is 14.2 Å². The number of furan rings is 1. The molecule has 1 fully saturated rings. The molecule has 108 valence electrons. The molecule has 4 nitrogen and oxygen atoms in total. The first kappa shape index (κ1) is 14.6. The topological polar surface area (TPSA) is 37.6 Å². The van der Waals surface area contributed by atoms with Gasteiger partial charge in [0, 0.05) is 13.7 Å². The summed E-state index contributed by atoms with van der Waals surface area (Å²) in [6, 6.07) is 2.16. The summed E-state index contributed by atoms with van der Waals surface area (Å²) < 4.78 is 11.5. The Morgan fingerprint density at radius 1 is 1.53 bits per heavy atom. The lowest BCUT2D eigenvalue weighted by molar-refractivity contribution is -0.00924. The first-order valence-electron chi connectivity index (χ1n) is 7.12. The average molecular weight is 266 g/mol. The van der Waals surface area contributed by atoms with Gasteiger partial charge in [-0.15, -0.1) is 0 Å². The van der Waals surface area contributed by atoms with E-state index in [1.165, 1.54) is 12.0 Å². The fourth-order valence-corrected chi connectivity index (χ4v) is 2.77. The molecule has 19 heavy (non-hydrogen) atoms. The first-order valence-corrected chi connectivity index (χ1v) is 7.12. The van der Waals surface area contributed by atoms with Crippen LogP contribution in [0.4, 0.5) is 0 Å². The highest BCUT2D eigenvalue weighted by molar-refractivity contribution is 5.20. The maximum absolute atomic E-state index is 5.91. The van der Waals surface area contributed by atoms with Gasteiger partial charge in [-0.1, -0.05) is 6.92 Å². The Morgan fingerprint density at radius 2 is 2.32 bits per heavy atom. The number of methoxy groups -OCH3 is 1. The van der Waals surface area contributed by atoms with Crippen molar-refractivity contribution in [3.05, 3.63) is 23.2 Å². The lowest BCUT2D eigenvalue weighted by atomic mass is 9.96. The van der Waals surface area contributed by atoms with Gasteiger partial charge < -0.3 is 14.5 Å². The fourth-order valence-electron chi connectivity index (χ4n) is 2.77. The van der Waals surface area contributed by atoms with E-state index in [4.69, 9.17) is 9.15 Å². The minimum Gasteiger partial charge on any atom is -0.463 e. The highest BCUT2D eigenvalue weighted by Gasteiger charge is 2.26. The highest BCUT2D eigenvalue weighted by Crippen LogP contribution is 2.22. The van der Waals surface area contributed by atoms with Gasteiger partial charge >= 0.3 is 0 Å². The maximum Gasteiger partial charge on any atom is 0.120 e. The molecule has 0 saturated carbocycles. The summed E-state index contributed by atoms with van der Waals surface area (Å²) in [7, 11) is 3.75. The van der Waals surface area contributed by atoms with Gasteiger partial charge in [-0.3, -0.25) is 4.90 Å². The average Bonchev–Trinajstić information content (AvgIpc) is 2.73. The van der Waals surface area contributed by atoms with Crippen LogP contribution in [0.1, 0.15) is 30.4 Å². The molecule has 0 radical (unpaired) electrons. The van der Waals surface area contributed by atoms with Crippen molar-refractivity contribution in [1.29, 1.82) is 0 Å². The van der Waals surface area contributed by atoms with E-state index < -0.39 is 0 Å². The molecule has 4 heteroatoms. The molecular formula is C15H26N2O2. The lowest BCUT2D eigenvalue weighted by Crippen LogP contribution is -2.43. The molecule has 2 unspecified atom stereocenters. The zero-order valence-corrected chi connectivity index (χ0v) is 12.5. The molecule has 2 heterocycles.